The van der Waals surface area contributed by atoms with Gasteiger partial charge in [-0.2, -0.15) is 0 Å². The van der Waals surface area contributed by atoms with Crippen molar-refractivity contribution in [1.82, 2.24) is 0 Å². The Morgan fingerprint density at radius 2 is 1.65 bits per heavy atom. The Morgan fingerprint density at radius 3 is 2.20 bits per heavy atom. The van der Waals surface area contributed by atoms with E-state index in [-0.39, 0.29) is 5.82 Å². The summed E-state index contributed by atoms with van der Waals surface area (Å²) in [5.41, 5.74) is 1.11. The van der Waals surface area contributed by atoms with Crippen LogP contribution in [0.5, 0.6) is 0 Å². The van der Waals surface area contributed by atoms with Gasteiger partial charge in [0.2, 0.25) is 0 Å². The first-order chi connectivity index (χ1) is 9.68. The molecule has 0 saturated heterocycles. The quantitative estimate of drug-likeness (QED) is 0.888. The summed E-state index contributed by atoms with van der Waals surface area (Å²) in [6, 6.07) is 16.3. The largest absolute Gasteiger partial charge is 0.385 e. The smallest absolute Gasteiger partial charge is 0.123 e. The highest BCUT2D eigenvalue weighted by atomic mass is 19.1. The molecule has 104 valence electrons. The van der Waals surface area contributed by atoms with Crippen molar-refractivity contribution < 1.29 is 9.50 Å². The van der Waals surface area contributed by atoms with Crippen LogP contribution in [0.1, 0.15) is 30.4 Å². The van der Waals surface area contributed by atoms with Crippen LogP contribution in [0, 0.1) is 11.7 Å². The monoisotopic (exact) mass is 270 g/mol. The molecule has 0 bridgehead atoms. The van der Waals surface area contributed by atoms with E-state index in [0.717, 1.165) is 24.0 Å². The number of hydrogen-bond donors (Lipinski definition) is 1. The van der Waals surface area contributed by atoms with Gasteiger partial charge in [0.1, 0.15) is 5.82 Å². The fourth-order valence-electron chi connectivity index (χ4n) is 3.01. The van der Waals surface area contributed by atoms with Gasteiger partial charge in [-0.3, -0.25) is 0 Å². The molecule has 1 N–H and O–H groups in total. The van der Waals surface area contributed by atoms with E-state index < -0.39 is 5.60 Å². The predicted octanol–water partition coefficient (Wildman–Crippen LogP) is 4.06. The van der Waals surface area contributed by atoms with Crippen LogP contribution in [0.3, 0.4) is 0 Å². The van der Waals surface area contributed by atoms with Crippen molar-refractivity contribution in [3.05, 3.63) is 71.5 Å². The first-order valence-electron chi connectivity index (χ1n) is 7.21. The topological polar surface area (TPSA) is 20.2 Å². The minimum Gasteiger partial charge on any atom is -0.385 e. The average Bonchev–Trinajstić information content (AvgIpc) is 2.40. The number of halogens is 1. The molecule has 1 aliphatic carbocycles. The number of benzene rings is 2. The molecule has 0 unspecified atom stereocenters. The van der Waals surface area contributed by atoms with Gasteiger partial charge in [0.25, 0.3) is 0 Å². The lowest BCUT2D eigenvalue weighted by Crippen LogP contribution is -2.41. The second-order valence-corrected chi connectivity index (χ2v) is 5.72. The molecule has 1 atom stereocenters. The van der Waals surface area contributed by atoms with E-state index in [0.29, 0.717) is 12.3 Å². The molecule has 1 aliphatic rings. The zero-order chi connectivity index (χ0) is 14.0. The summed E-state index contributed by atoms with van der Waals surface area (Å²) in [5.74, 6) is 0.0654. The molecule has 0 aromatic heterocycles. The molecule has 0 aliphatic heterocycles. The number of rotatable bonds is 4. The van der Waals surface area contributed by atoms with Crippen LogP contribution in [0.25, 0.3) is 0 Å². The highest BCUT2D eigenvalue weighted by molar-refractivity contribution is 5.28. The van der Waals surface area contributed by atoms with Crippen LogP contribution < -0.4 is 0 Å². The van der Waals surface area contributed by atoms with Gasteiger partial charge in [0, 0.05) is 6.42 Å². The van der Waals surface area contributed by atoms with Crippen LogP contribution in [-0.4, -0.2) is 5.11 Å². The third-order valence-electron chi connectivity index (χ3n) is 4.44. The minimum absolute atomic E-state index is 0.236. The minimum atomic E-state index is -0.836. The highest BCUT2D eigenvalue weighted by Gasteiger charge is 2.41. The summed E-state index contributed by atoms with van der Waals surface area (Å²) in [4.78, 5) is 0. The Kier molecular flexibility index (Phi) is 3.58. The zero-order valence-electron chi connectivity index (χ0n) is 11.4. The maximum atomic E-state index is 13.0. The van der Waals surface area contributed by atoms with Crippen LogP contribution >= 0.6 is 0 Å². The van der Waals surface area contributed by atoms with Crippen LogP contribution in [0.4, 0.5) is 4.39 Å². The van der Waals surface area contributed by atoms with Crippen LogP contribution in [0.15, 0.2) is 54.6 Å². The van der Waals surface area contributed by atoms with Gasteiger partial charge in [-0.25, -0.2) is 4.39 Å². The maximum absolute atomic E-state index is 13.0. The predicted molar refractivity (Wildman–Crippen MR) is 77.8 cm³/mol. The summed E-state index contributed by atoms with van der Waals surface area (Å²) in [5, 5.41) is 11.2. The summed E-state index contributed by atoms with van der Waals surface area (Å²) in [7, 11) is 0. The second kappa shape index (κ2) is 5.37. The fraction of sp³-hybridized carbons (Fsp3) is 0.333. The second-order valence-electron chi connectivity index (χ2n) is 5.72. The third-order valence-corrected chi connectivity index (χ3v) is 4.44. The molecular weight excluding hydrogens is 251 g/mol. The van der Waals surface area contributed by atoms with Gasteiger partial charge in [0.05, 0.1) is 5.60 Å². The van der Waals surface area contributed by atoms with E-state index in [1.165, 1.54) is 18.6 Å². The van der Waals surface area contributed by atoms with Crippen molar-refractivity contribution in [2.45, 2.75) is 31.3 Å². The van der Waals surface area contributed by atoms with Crippen LogP contribution in [0.2, 0.25) is 0 Å². The van der Waals surface area contributed by atoms with E-state index in [1.807, 2.05) is 30.3 Å². The van der Waals surface area contributed by atoms with Crippen molar-refractivity contribution in [1.29, 1.82) is 0 Å². The van der Waals surface area contributed by atoms with E-state index in [2.05, 4.69) is 0 Å². The molecule has 20 heavy (non-hydrogen) atoms. The maximum Gasteiger partial charge on any atom is 0.123 e. The molecule has 0 radical (unpaired) electrons. The van der Waals surface area contributed by atoms with Crippen LogP contribution in [-0.2, 0) is 12.0 Å². The van der Waals surface area contributed by atoms with E-state index in [1.54, 1.807) is 12.1 Å². The fourth-order valence-corrected chi connectivity index (χ4v) is 3.01. The number of hydrogen-bond acceptors (Lipinski definition) is 1. The lowest BCUT2D eigenvalue weighted by Gasteiger charge is -2.42. The lowest BCUT2D eigenvalue weighted by atomic mass is 9.67. The molecular formula is C18H19FO. The Balaban J connectivity index is 1.92. The Hall–Kier alpha value is -1.67. The number of aliphatic hydroxyl groups is 1. The highest BCUT2D eigenvalue weighted by Crippen LogP contribution is 2.44. The normalized spacial score (nSPS) is 18.3. The van der Waals surface area contributed by atoms with Gasteiger partial charge in [-0.1, -0.05) is 48.9 Å². The molecule has 0 amide bonds. The first kappa shape index (κ1) is 13.3. The summed E-state index contributed by atoms with van der Waals surface area (Å²) >= 11 is 0. The molecule has 3 rings (SSSR count). The molecule has 1 fully saturated rings. The van der Waals surface area contributed by atoms with Gasteiger partial charge >= 0.3 is 0 Å². The molecule has 2 heteroatoms. The Labute approximate surface area is 119 Å². The average molecular weight is 270 g/mol. The molecule has 1 saturated carbocycles. The summed E-state index contributed by atoms with van der Waals surface area (Å²) in [6.45, 7) is 0. The summed E-state index contributed by atoms with van der Waals surface area (Å²) < 4.78 is 13.0. The van der Waals surface area contributed by atoms with Crippen molar-refractivity contribution in [2.24, 2.45) is 5.92 Å². The Bertz CT molecular complexity index is 560. The molecule has 2 aromatic carbocycles. The van der Waals surface area contributed by atoms with Gasteiger partial charge in [-0.05, 0) is 42.0 Å². The standard InChI is InChI=1S/C18H19FO/c19-17-11-9-14(10-12-17)13-18(20,16-7-4-8-16)15-5-2-1-3-6-15/h1-3,5-6,9-12,16,20H,4,7-8,13H2/t18-/m1/s1. The lowest BCUT2D eigenvalue weighted by molar-refractivity contribution is -0.0561. The van der Waals surface area contributed by atoms with E-state index in [9.17, 15) is 9.50 Å². The van der Waals surface area contributed by atoms with E-state index in [4.69, 9.17) is 0 Å². The molecule has 0 heterocycles. The summed E-state index contributed by atoms with van der Waals surface area (Å²) in [6.07, 6.45) is 3.85. The van der Waals surface area contributed by atoms with Gasteiger partial charge in [0.15, 0.2) is 0 Å². The van der Waals surface area contributed by atoms with Crippen molar-refractivity contribution in [3.8, 4) is 0 Å². The van der Waals surface area contributed by atoms with E-state index >= 15 is 0 Å². The Morgan fingerprint density at radius 1 is 1.00 bits per heavy atom. The molecule has 1 nitrogen and oxygen atoms in total. The van der Waals surface area contributed by atoms with Crippen molar-refractivity contribution in [2.75, 3.05) is 0 Å². The molecule has 0 spiro atoms. The van der Waals surface area contributed by atoms with Crippen molar-refractivity contribution >= 4 is 0 Å². The third kappa shape index (κ3) is 2.48. The van der Waals surface area contributed by atoms with Gasteiger partial charge < -0.3 is 5.11 Å². The van der Waals surface area contributed by atoms with Crippen molar-refractivity contribution in [3.63, 3.8) is 0 Å². The van der Waals surface area contributed by atoms with Gasteiger partial charge in [-0.15, -0.1) is 0 Å². The SMILES string of the molecule is O[C@](Cc1ccc(F)cc1)(c1ccccc1)C1CCC1. The molecule has 2 aromatic rings. The first-order valence-corrected chi connectivity index (χ1v) is 7.21. The zero-order valence-corrected chi connectivity index (χ0v) is 11.4.